The van der Waals surface area contributed by atoms with Gasteiger partial charge < -0.3 is 5.11 Å². The third-order valence-electron chi connectivity index (χ3n) is 2.16. The second-order valence-corrected chi connectivity index (χ2v) is 4.48. The Bertz CT molecular complexity index is 136. The van der Waals surface area contributed by atoms with Crippen molar-refractivity contribution >= 4 is 17.7 Å². The number of aliphatic carboxylic acids is 1. The molecule has 0 aromatic rings. The van der Waals surface area contributed by atoms with Crippen molar-refractivity contribution in [2.24, 2.45) is 11.8 Å². The molecule has 0 aromatic heterocycles. The van der Waals surface area contributed by atoms with E-state index in [4.69, 9.17) is 5.11 Å². The molecule has 3 heteroatoms. The van der Waals surface area contributed by atoms with E-state index >= 15 is 0 Å². The fourth-order valence-electron chi connectivity index (χ4n) is 0.907. The molecule has 2 unspecified atom stereocenters. The van der Waals surface area contributed by atoms with Crippen molar-refractivity contribution in [2.75, 3.05) is 11.5 Å². The lowest BCUT2D eigenvalue weighted by atomic mass is 9.94. The molecule has 0 spiro atoms. The van der Waals surface area contributed by atoms with E-state index in [1.54, 1.807) is 6.92 Å². The minimum absolute atomic E-state index is 0.206. The van der Waals surface area contributed by atoms with E-state index in [9.17, 15) is 4.79 Å². The van der Waals surface area contributed by atoms with Crippen LogP contribution >= 0.6 is 11.8 Å². The molecule has 0 saturated carbocycles. The average molecular weight is 190 g/mol. The highest BCUT2D eigenvalue weighted by atomic mass is 32.2. The summed E-state index contributed by atoms with van der Waals surface area (Å²) in [4.78, 5) is 10.6. The van der Waals surface area contributed by atoms with Crippen molar-refractivity contribution in [1.29, 1.82) is 0 Å². The molecule has 0 aliphatic rings. The summed E-state index contributed by atoms with van der Waals surface area (Å²) < 4.78 is 0. The van der Waals surface area contributed by atoms with Gasteiger partial charge in [0.05, 0.1) is 5.92 Å². The van der Waals surface area contributed by atoms with Crippen LogP contribution in [0.2, 0.25) is 0 Å². The lowest BCUT2D eigenvalue weighted by Crippen LogP contribution is -2.18. The zero-order valence-electron chi connectivity index (χ0n) is 8.04. The zero-order chi connectivity index (χ0) is 9.56. The molecule has 12 heavy (non-hydrogen) atoms. The Morgan fingerprint density at radius 1 is 1.50 bits per heavy atom. The molecule has 0 saturated heterocycles. The van der Waals surface area contributed by atoms with Crippen LogP contribution in [0.1, 0.15) is 27.2 Å². The average Bonchev–Trinajstić information content (AvgIpc) is 2.03. The number of carboxylic acids is 1. The Morgan fingerprint density at radius 3 is 2.50 bits per heavy atom. The van der Waals surface area contributed by atoms with Crippen LogP contribution in [0, 0.1) is 11.8 Å². The lowest BCUT2D eigenvalue weighted by molar-refractivity contribution is -0.142. The Labute approximate surface area is 78.7 Å². The number of carboxylic acid groups (broad SMARTS) is 1. The molecule has 72 valence electrons. The van der Waals surface area contributed by atoms with Crippen LogP contribution in [0.25, 0.3) is 0 Å². The third-order valence-corrected chi connectivity index (χ3v) is 3.10. The highest BCUT2D eigenvalue weighted by molar-refractivity contribution is 7.99. The summed E-state index contributed by atoms with van der Waals surface area (Å²) in [7, 11) is 0. The second-order valence-electron chi connectivity index (χ2n) is 3.09. The quantitative estimate of drug-likeness (QED) is 0.654. The molecular formula is C9H18O2S. The van der Waals surface area contributed by atoms with Crippen molar-refractivity contribution in [3.05, 3.63) is 0 Å². The molecule has 0 bridgehead atoms. The van der Waals surface area contributed by atoms with Crippen LogP contribution in [-0.4, -0.2) is 22.6 Å². The van der Waals surface area contributed by atoms with E-state index in [-0.39, 0.29) is 5.92 Å². The Kier molecular flexibility index (Phi) is 6.25. The van der Waals surface area contributed by atoms with Crippen LogP contribution in [0.4, 0.5) is 0 Å². The van der Waals surface area contributed by atoms with E-state index < -0.39 is 5.97 Å². The molecule has 0 radical (unpaired) electrons. The van der Waals surface area contributed by atoms with Crippen molar-refractivity contribution in [2.45, 2.75) is 27.2 Å². The summed E-state index contributed by atoms with van der Waals surface area (Å²) in [5.74, 6) is 1.61. The highest BCUT2D eigenvalue weighted by Crippen LogP contribution is 2.17. The predicted molar refractivity (Wildman–Crippen MR) is 53.6 cm³/mol. The van der Waals surface area contributed by atoms with Gasteiger partial charge in [-0.3, -0.25) is 4.79 Å². The molecular weight excluding hydrogens is 172 g/mol. The smallest absolute Gasteiger partial charge is 0.306 e. The Hall–Kier alpha value is -0.180. The van der Waals surface area contributed by atoms with Crippen molar-refractivity contribution in [3.8, 4) is 0 Å². The summed E-state index contributed by atoms with van der Waals surface area (Å²) >= 11 is 1.87. The normalized spacial score (nSPS) is 15.6. The highest BCUT2D eigenvalue weighted by Gasteiger charge is 2.18. The zero-order valence-corrected chi connectivity index (χ0v) is 8.86. The van der Waals surface area contributed by atoms with Gasteiger partial charge in [-0.2, -0.15) is 11.8 Å². The van der Waals surface area contributed by atoms with Crippen LogP contribution < -0.4 is 0 Å². The molecule has 1 N–H and O–H groups in total. The van der Waals surface area contributed by atoms with E-state index in [0.29, 0.717) is 5.92 Å². The van der Waals surface area contributed by atoms with Gasteiger partial charge in [0.25, 0.3) is 0 Å². The van der Waals surface area contributed by atoms with Crippen LogP contribution in [-0.2, 0) is 4.79 Å². The lowest BCUT2D eigenvalue weighted by Gasteiger charge is -2.14. The van der Waals surface area contributed by atoms with Gasteiger partial charge in [-0.05, 0) is 23.8 Å². The summed E-state index contributed by atoms with van der Waals surface area (Å²) in [5, 5.41) is 8.70. The molecule has 0 aliphatic carbocycles. The first-order valence-corrected chi connectivity index (χ1v) is 5.55. The summed E-state index contributed by atoms with van der Waals surface area (Å²) in [6.45, 7) is 5.91. The van der Waals surface area contributed by atoms with Gasteiger partial charge in [-0.15, -0.1) is 0 Å². The number of carbonyl (C=O) groups is 1. The van der Waals surface area contributed by atoms with E-state index in [1.165, 1.54) is 0 Å². The van der Waals surface area contributed by atoms with Gasteiger partial charge in [0, 0.05) is 0 Å². The number of rotatable bonds is 6. The second kappa shape index (κ2) is 6.35. The van der Waals surface area contributed by atoms with Gasteiger partial charge in [-0.1, -0.05) is 20.8 Å². The first kappa shape index (κ1) is 11.8. The van der Waals surface area contributed by atoms with Crippen molar-refractivity contribution in [3.63, 3.8) is 0 Å². The monoisotopic (exact) mass is 190 g/mol. The largest absolute Gasteiger partial charge is 0.481 e. The molecule has 0 aliphatic heterocycles. The standard InChI is InChI=1S/C9H18O2S/c1-4-12-6-5-7(2)8(3)9(10)11/h7-8H,4-6H2,1-3H3,(H,10,11). The minimum atomic E-state index is -0.677. The van der Waals surface area contributed by atoms with Gasteiger partial charge in [0.1, 0.15) is 0 Å². The molecule has 0 fully saturated rings. The molecule has 0 aromatic carbocycles. The predicted octanol–water partition coefficient (Wildman–Crippen LogP) is 2.49. The van der Waals surface area contributed by atoms with E-state index in [0.717, 1.165) is 17.9 Å². The summed E-state index contributed by atoms with van der Waals surface area (Å²) in [5.41, 5.74) is 0. The minimum Gasteiger partial charge on any atom is -0.481 e. The van der Waals surface area contributed by atoms with Crippen LogP contribution in [0.5, 0.6) is 0 Å². The number of hydrogen-bond acceptors (Lipinski definition) is 2. The van der Waals surface area contributed by atoms with Gasteiger partial charge in [-0.25, -0.2) is 0 Å². The van der Waals surface area contributed by atoms with E-state index in [1.807, 2.05) is 18.7 Å². The maximum atomic E-state index is 10.6. The van der Waals surface area contributed by atoms with Crippen molar-refractivity contribution in [1.82, 2.24) is 0 Å². The molecule has 0 amide bonds. The van der Waals surface area contributed by atoms with Crippen LogP contribution in [0.3, 0.4) is 0 Å². The Morgan fingerprint density at radius 2 is 2.08 bits per heavy atom. The van der Waals surface area contributed by atoms with Gasteiger partial charge >= 0.3 is 5.97 Å². The first-order valence-electron chi connectivity index (χ1n) is 4.40. The van der Waals surface area contributed by atoms with E-state index in [2.05, 4.69) is 6.92 Å². The molecule has 0 heterocycles. The van der Waals surface area contributed by atoms with Crippen LogP contribution in [0.15, 0.2) is 0 Å². The van der Waals surface area contributed by atoms with Gasteiger partial charge in [0.15, 0.2) is 0 Å². The molecule has 2 nitrogen and oxygen atoms in total. The third kappa shape index (κ3) is 4.65. The summed E-state index contributed by atoms with van der Waals surface area (Å²) in [6, 6.07) is 0. The SMILES string of the molecule is CCSCCC(C)C(C)C(=O)O. The first-order chi connectivity index (χ1) is 5.59. The maximum Gasteiger partial charge on any atom is 0.306 e. The summed E-state index contributed by atoms with van der Waals surface area (Å²) in [6.07, 6.45) is 1.01. The molecule has 2 atom stereocenters. The number of thioether (sulfide) groups is 1. The Balaban J connectivity index is 3.56. The van der Waals surface area contributed by atoms with Gasteiger partial charge in [0.2, 0.25) is 0 Å². The molecule has 0 rings (SSSR count). The van der Waals surface area contributed by atoms with Crippen molar-refractivity contribution < 1.29 is 9.90 Å². The fourth-order valence-corrected chi connectivity index (χ4v) is 1.73. The fraction of sp³-hybridized carbons (Fsp3) is 0.889. The number of hydrogen-bond donors (Lipinski definition) is 1. The maximum absolute atomic E-state index is 10.6. The topological polar surface area (TPSA) is 37.3 Å².